The average molecular weight is 209 g/mol. The topological polar surface area (TPSA) is 43.1 Å². The number of hydrogen-bond donors (Lipinski definition) is 1. The fraction of sp³-hybridized carbons (Fsp3) is 0.364. The zero-order valence-corrected chi connectivity index (χ0v) is 9.52. The maximum absolute atomic E-state index is 11.1. The second kappa shape index (κ2) is 4.05. The average Bonchev–Trinajstić information content (AvgIpc) is 2.02. The third-order valence-corrected chi connectivity index (χ3v) is 3.16. The Bertz CT molecular complexity index is 347. The van der Waals surface area contributed by atoms with Crippen molar-refractivity contribution in [3.8, 4) is 0 Å². The van der Waals surface area contributed by atoms with E-state index < -0.39 is 4.75 Å². The Morgan fingerprint density at radius 1 is 1.43 bits per heavy atom. The monoisotopic (exact) mass is 209 g/mol. The zero-order valence-electron chi connectivity index (χ0n) is 8.70. The molecule has 76 valence electrons. The van der Waals surface area contributed by atoms with Crippen molar-refractivity contribution in [1.82, 2.24) is 0 Å². The van der Waals surface area contributed by atoms with Gasteiger partial charge in [-0.15, -0.1) is 11.8 Å². The van der Waals surface area contributed by atoms with Crippen LogP contribution in [0.5, 0.6) is 0 Å². The van der Waals surface area contributed by atoms with Crippen LogP contribution in [0.4, 0.5) is 0 Å². The molecule has 0 saturated carbocycles. The fourth-order valence-corrected chi connectivity index (χ4v) is 2.11. The summed E-state index contributed by atoms with van der Waals surface area (Å²) in [5.41, 5.74) is 6.49. The first-order chi connectivity index (χ1) is 6.42. The van der Waals surface area contributed by atoms with Crippen LogP contribution in [0, 0.1) is 6.92 Å². The van der Waals surface area contributed by atoms with Gasteiger partial charge in [0.25, 0.3) is 0 Å². The smallest absolute Gasteiger partial charge is 0.233 e. The van der Waals surface area contributed by atoms with Gasteiger partial charge in [0.1, 0.15) is 0 Å². The second-order valence-corrected chi connectivity index (χ2v) is 5.49. The molecule has 0 radical (unpaired) electrons. The molecule has 1 rings (SSSR count). The normalized spacial score (nSPS) is 11.4. The Balaban J connectivity index is 2.83. The van der Waals surface area contributed by atoms with Crippen molar-refractivity contribution in [2.45, 2.75) is 30.4 Å². The number of carbonyl (C=O) groups is 1. The van der Waals surface area contributed by atoms with Crippen LogP contribution in [0.15, 0.2) is 29.2 Å². The number of hydrogen-bond acceptors (Lipinski definition) is 2. The van der Waals surface area contributed by atoms with Crippen LogP contribution in [0.3, 0.4) is 0 Å². The van der Waals surface area contributed by atoms with Crippen molar-refractivity contribution in [2.24, 2.45) is 5.73 Å². The summed E-state index contributed by atoms with van der Waals surface area (Å²) in [5.74, 6) is -0.288. The molecule has 0 fully saturated rings. The van der Waals surface area contributed by atoms with Crippen LogP contribution in [0.2, 0.25) is 0 Å². The van der Waals surface area contributed by atoms with Gasteiger partial charge < -0.3 is 5.73 Å². The van der Waals surface area contributed by atoms with Gasteiger partial charge in [-0.2, -0.15) is 0 Å². The van der Waals surface area contributed by atoms with E-state index in [1.54, 1.807) is 0 Å². The minimum atomic E-state index is -0.548. The number of nitrogens with two attached hydrogens (primary N) is 1. The van der Waals surface area contributed by atoms with Gasteiger partial charge in [-0.25, -0.2) is 0 Å². The van der Waals surface area contributed by atoms with Crippen molar-refractivity contribution in [3.63, 3.8) is 0 Å². The van der Waals surface area contributed by atoms with Gasteiger partial charge in [0.2, 0.25) is 5.91 Å². The number of carbonyl (C=O) groups excluding carboxylic acids is 1. The van der Waals surface area contributed by atoms with Gasteiger partial charge in [-0.1, -0.05) is 17.7 Å². The molecule has 2 N–H and O–H groups in total. The molecular weight excluding hydrogens is 194 g/mol. The molecule has 0 atom stereocenters. The van der Waals surface area contributed by atoms with E-state index in [9.17, 15) is 4.79 Å². The Morgan fingerprint density at radius 2 is 2.07 bits per heavy atom. The van der Waals surface area contributed by atoms with Gasteiger partial charge >= 0.3 is 0 Å². The maximum Gasteiger partial charge on any atom is 0.233 e. The lowest BCUT2D eigenvalue weighted by Gasteiger charge is -2.19. The van der Waals surface area contributed by atoms with Crippen LogP contribution in [-0.4, -0.2) is 10.7 Å². The minimum Gasteiger partial charge on any atom is -0.368 e. The van der Waals surface area contributed by atoms with Crippen molar-refractivity contribution >= 4 is 17.7 Å². The SMILES string of the molecule is Cc1cccc(SC(C)(C)C(N)=O)c1. The van der Waals surface area contributed by atoms with Gasteiger partial charge in [0.05, 0.1) is 4.75 Å². The Labute approximate surface area is 88.9 Å². The van der Waals surface area contributed by atoms with E-state index in [0.717, 1.165) is 4.90 Å². The predicted octanol–water partition coefficient (Wildman–Crippen LogP) is 2.35. The summed E-state index contributed by atoms with van der Waals surface area (Å²) >= 11 is 1.49. The van der Waals surface area contributed by atoms with E-state index in [-0.39, 0.29) is 5.91 Å². The standard InChI is InChI=1S/C11H15NOS/c1-8-5-4-6-9(7-8)14-11(2,3)10(12)13/h4-7H,1-3H3,(H2,12,13). The molecule has 0 aliphatic carbocycles. The van der Waals surface area contributed by atoms with Crippen LogP contribution < -0.4 is 5.73 Å². The summed E-state index contributed by atoms with van der Waals surface area (Å²) in [6, 6.07) is 8.05. The molecule has 14 heavy (non-hydrogen) atoms. The van der Waals surface area contributed by atoms with E-state index in [1.807, 2.05) is 39.0 Å². The molecular formula is C11H15NOS. The van der Waals surface area contributed by atoms with E-state index in [4.69, 9.17) is 5.73 Å². The summed E-state index contributed by atoms with van der Waals surface area (Å²) in [7, 11) is 0. The molecule has 0 spiro atoms. The third kappa shape index (κ3) is 2.77. The van der Waals surface area contributed by atoms with Gasteiger partial charge in [-0.05, 0) is 32.9 Å². The highest BCUT2D eigenvalue weighted by Gasteiger charge is 2.26. The van der Waals surface area contributed by atoms with Crippen LogP contribution in [-0.2, 0) is 4.79 Å². The van der Waals surface area contributed by atoms with E-state index >= 15 is 0 Å². The lowest BCUT2D eigenvalue weighted by Crippen LogP contribution is -2.34. The van der Waals surface area contributed by atoms with E-state index in [2.05, 4.69) is 6.07 Å². The lowest BCUT2D eigenvalue weighted by atomic mass is 10.2. The van der Waals surface area contributed by atoms with E-state index in [1.165, 1.54) is 17.3 Å². The number of amides is 1. The summed E-state index contributed by atoms with van der Waals surface area (Å²) in [6.45, 7) is 5.70. The summed E-state index contributed by atoms with van der Waals surface area (Å²) in [5, 5.41) is 0. The quantitative estimate of drug-likeness (QED) is 0.776. The molecule has 1 aromatic carbocycles. The maximum atomic E-state index is 11.1. The first-order valence-electron chi connectivity index (χ1n) is 4.47. The molecule has 0 unspecified atom stereocenters. The Morgan fingerprint density at radius 3 is 2.57 bits per heavy atom. The number of thioether (sulfide) groups is 1. The molecule has 1 aromatic rings. The Hall–Kier alpha value is -0.960. The highest BCUT2D eigenvalue weighted by molar-refractivity contribution is 8.01. The van der Waals surface area contributed by atoms with Gasteiger partial charge in [-0.3, -0.25) is 4.79 Å². The van der Waals surface area contributed by atoms with Crippen molar-refractivity contribution in [2.75, 3.05) is 0 Å². The predicted molar refractivity (Wildman–Crippen MR) is 60.3 cm³/mol. The molecule has 3 heteroatoms. The molecule has 2 nitrogen and oxygen atoms in total. The van der Waals surface area contributed by atoms with Crippen molar-refractivity contribution < 1.29 is 4.79 Å². The molecule has 0 aromatic heterocycles. The van der Waals surface area contributed by atoms with Gasteiger partial charge in [0, 0.05) is 4.90 Å². The number of rotatable bonds is 3. The van der Waals surface area contributed by atoms with Crippen LogP contribution >= 0.6 is 11.8 Å². The van der Waals surface area contributed by atoms with Gasteiger partial charge in [0.15, 0.2) is 0 Å². The Kier molecular flexibility index (Phi) is 3.21. The van der Waals surface area contributed by atoms with Crippen LogP contribution in [0.25, 0.3) is 0 Å². The first kappa shape index (κ1) is 11.1. The molecule has 0 aliphatic rings. The zero-order chi connectivity index (χ0) is 10.8. The van der Waals surface area contributed by atoms with Crippen molar-refractivity contribution in [1.29, 1.82) is 0 Å². The van der Waals surface area contributed by atoms with Crippen molar-refractivity contribution in [3.05, 3.63) is 29.8 Å². The third-order valence-electron chi connectivity index (χ3n) is 1.96. The summed E-state index contributed by atoms with van der Waals surface area (Å²) < 4.78 is -0.548. The first-order valence-corrected chi connectivity index (χ1v) is 5.29. The highest BCUT2D eigenvalue weighted by atomic mass is 32.2. The molecule has 0 aliphatic heterocycles. The molecule has 0 bridgehead atoms. The number of benzene rings is 1. The summed E-state index contributed by atoms with van der Waals surface area (Å²) in [4.78, 5) is 12.2. The second-order valence-electron chi connectivity index (χ2n) is 3.79. The number of aryl methyl sites for hydroxylation is 1. The molecule has 0 heterocycles. The van der Waals surface area contributed by atoms with E-state index in [0.29, 0.717) is 0 Å². The lowest BCUT2D eigenvalue weighted by molar-refractivity contribution is -0.119. The molecule has 1 amide bonds. The minimum absolute atomic E-state index is 0.288. The highest BCUT2D eigenvalue weighted by Crippen LogP contribution is 2.32. The fourth-order valence-electron chi connectivity index (χ4n) is 1.02. The largest absolute Gasteiger partial charge is 0.368 e. The van der Waals surface area contributed by atoms with Crippen LogP contribution in [0.1, 0.15) is 19.4 Å². The molecule has 0 saturated heterocycles. The number of primary amides is 1. The summed E-state index contributed by atoms with van der Waals surface area (Å²) in [6.07, 6.45) is 0.